The Hall–Kier alpha value is -3.16. The molecule has 0 fully saturated rings. The lowest BCUT2D eigenvalue weighted by Gasteiger charge is -2.03. The van der Waals surface area contributed by atoms with Gasteiger partial charge in [-0.25, -0.2) is 19.9 Å². The lowest BCUT2D eigenvalue weighted by atomic mass is 10.2. The Morgan fingerprint density at radius 2 is 1.86 bits per heavy atom. The van der Waals surface area contributed by atoms with E-state index in [9.17, 15) is 0 Å². The fourth-order valence-electron chi connectivity index (χ4n) is 3.08. The highest BCUT2D eigenvalue weighted by atomic mass is 35.5. The molecule has 0 bridgehead atoms. The van der Waals surface area contributed by atoms with Gasteiger partial charge >= 0.3 is 0 Å². The van der Waals surface area contributed by atoms with Gasteiger partial charge in [-0.1, -0.05) is 17.7 Å². The maximum atomic E-state index is 6.42. The van der Waals surface area contributed by atoms with E-state index in [2.05, 4.69) is 26.0 Å². The van der Waals surface area contributed by atoms with Crippen molar-refractivity contribution in [2.24, 2.45) is 7.05 Å². The number of hydrogen-bond acceptors (Lipinski definition) is 6. The number of rotatable bonds is 3. The molecule has 8 heteroatoms. The van der Waals surface area contributed by atoms with E-state index in [1.54, 1.807) is 18.6 Å². The Kier molecular flexibility index (Phi) is 4.11. The lowest BCUT2D eigenvalue weighted by Crippen LogP contribution is -1.95. The molecule has 0 aromatic carbocycles. The molecule has 0 saturated carbocycles. The van der Waals surface area contributed by atoms with Gasteiger partial charge in [-0.3, -0.25) is 4.98 Å². The predicted molar refractivity (Wildman–Crippen MR) is 111 cm³/mol. The van der Waals surface area contributed by atoms with E-state index >= 15 is 0 Å². The monoisotopic (exact) mass is 404 g/mol. The topological polar surface area (TPSA) is 69.4 Å². The first-order chi connectivity index (χ1) is 13.7. The molecule has 0 atom stereocenters. The summed E-state index contributed by atoms with van der Waals surface area (Å²) in [5.74, 6) is 0. The Morgan fingerprint density at radius 3 is 2.64 bits per heavy atom. The molecule has 5 heterocycles. The van der Waals surface area contributed by atoms with Gasteiger partial charge in [-0.2, -0.15) is 0 Å². The minimum atomic E-state index is 0.426. The van der Waals surface area contributed by atoms with Gasteiger partial charge in [0.15, 0.2) is 0 Å². The van der Waals surface area contributed by atoms with Crippen molar-refractivity contribution in [1.82, 2.24) is 29.5 Å². The van der Waals surface area contributed by atoms with Crippen LogP contribution in [0.25, 0.3) is 43.6 Å². The van der Waals surface area contributed by atoms with Crippen molar-refractivity contribution in [2.45, 2.75) is 0 Å². The molecule has 5 rings (SSSR count). The molecule has 0 saturated heterocycles. The summed E-state index contributed by atoms with van der Waals surface area (Å²) in [7, 11) is 1.99. The van der Waals surface area contributed by atoms with Crippen LogP contribution in [0.2, 0.25) is 5.15 Å². The number of aromatic nitrogens is 6. The predicted octanol–water partition coefficient (Wildman–Crippen LogP) is 4.87. The average Bonchev–Trinajstić information content (AvgIpc) is 3.29. The van der Waals surface area contributed by atoms with Crippen LogP contribution in [0.15, 0.2) is 61.3 Å². The Bertz CT molecular complexity index is 1280. The highest BCUT2D eigenvalue weighted by Gasteiger charge is 2.16. The average molecular weight is 405 g/mol. The number of hydrogen-bond donors (Lipinski definition) is 0. The van der Waals surface area contributed by atoms with Crippen molar-refractivity contribution in [3.63, 3.8) is 0 Å². The fourth-order valence-corrected chi connectivity index (χ4v) is 4.33. The minimum Gasteiger partial charge on any atom is -0.327 e. The van der Waals surface area contributed by atoms with Crippen LogP contribution in [0.1, 0.15) is 0 Å². The quantitative estimate of drug-likeness (QED) is 0.429. The fraction of sp³-hybridized carbons (Fsp3) is 0.0500. The molecule has 0 spiro atoms. The van der Waals surface area contributed by atoms with Gasteiger partial charge in [0.05, 0.1) is 22.0 Å². The van der Waals surface area contributed by atoms with Gasteiger partial charge in [-0.15, -0.1) is 11.3 Å². The van der Waals surface area contributed by atoms with Crippen molar-refractivity contribution >= 4 is 34.0 Å². The summed E-state index contributed by atoms with van der Waals surface area (Å²) in [6.45, 7) is 0. The zero-order valence-electron chi connectivity index (χ0n) is 14.7. The molecule has 0 radical (unpaired) electrons. The van der Waals surface area contributed by atoms with Crippen molar-refractivity contribution < 1.29 is 0 Å². The number of pyridine rings is 2. The van der Waals surface area contributed by atoms with Crippen molar-refractivity contribution in [2.75, 3.05) is 0 Å². The number of halogens is 1. The minimum absolute atomic E-state index is 0.426. The molecule has 0 aliphatic rings. The molecule has 5 aromatic heterocycles. The van der Waals surface area contributed by atoms with Gasteiger partial charge in [0.25, 0.3) is 0 Å². The largest absolute Gasteiger partial charge is 0.327 e. The molecule has 0 N–H and O–H groups in total. The molecule has 0 aliphatic carbocycles. The van der Waals surface area contributed by atoms with Crippen LogP contribution in [0, 0.1) is 0 Å². The smallest absolute Gasteiger partial charge is 0.150 e. The first kappa shape index (κ1) is 17.0. The third kappa shape index (κ3) is 2.85. The number of aryl methyl sites for hydroxylation is 1. The summed E-state index contributed by atoms with van der Waals surface area (Å²) in [6, 6.07) is 12.0. The van der Waals surface area contributed by atoms with E-state index in [1.807, 2.05) is 41.9 Å². The first-order valence-corrected chi connectivity index (χ1v) is 9.70. The molecule has 28 heavy (non-hydrogen) atoms. The molecular weight excluding hydrogens is 392 g/mol. The molecular formula is C20H13ClN6S. The van der Waals surface area contributed by atoms with Crippen LogP contribution in [-0.2, 0) is 7.05 Å². The van der Waals surface area contributed by atoms with Gasteiger partial charge in [0.1, 0.15) is 22.1 Å². The van der Waals surface area contributed by atoms with Crippen molar-refractivity contribution in [1.29, 1.82) is 0 Å². The molecule has 6 nitrogen and oxygen atoms in total. The summed E-state index contributed by atoms with van der Waals surface area (Å²) < 4.78 is 2.04. The van der Waals surface area contributed by atoms with E-state index in [4.69, 9.17) is 16.6 Å². The summed E-state index contributed by atoms with van der Waals surface area (Å²) in [5.41, 5.74) is 4.40. The molecule has 136 valence electrons. The molecule has 0 amide bonds. The maximum Gasteiger partial charge on any atom is 0.150 e. The zero-order chi connectivity index (χ0) is 19.1. The number of thiazole rings is 1. The van der Waals surface area contributed by atoms with Crippen LogP contribution >= 0.6 is 22.9 Å². The first-order valence-electron chi connectivity index (χ1n) is 8.50. The molecule has 5 aromatic rings. The summed E-state index contributed by atoms with van der Waals surface area (Å²) in [6.07, 6.45) is 6.72. The van der Waals surface area contributed by atoms with E-state index in [1.165, 1.54) is 17.7 Å². The SMILES string of the molecule is Cn1c(-c2ccccn2)cc2ccc(-c3sc(-c4cncnc4)nc3Cl)nc21. The van der Waals surface area contributed by atoms with Crippen LogP contribution < -0.4 is 0 Å². The normalized spacial score (nSPS) is 11.2. The second-order valence-electron chi connectivity index (χ2n) is 6.18. The summed E-state index contributed by atoms with van der Waals surface area (Å²) in [5, 5.41) is 2.24. The Labute approximate surface area is 169 Å². The zero-order valence-corrected chi connectivity index (χ0v) is 16.3. The van der Waals surface area contributed by atoms with E-state index < -0.39 is 0 Å². The van der Waals surface area contributed by atoms with Gasteiger partial charge in [0.2, 0.25) is 0 Å². The van der Waals surface area contributed by atoms with E-state index in [-0.39, 0.29) is 0 Å². The van der Waals surface area contributed by atoms with Gasteiger partial charge in [-0.05, 0) is 30.3 Å². The van der Waals surface area contributed by atoms with Crippen LogP contribution in [0.5, 0.6) is 0 Å². The second-order valence-corrected chi connectivity index (χ2v) is 7.54. The van der Waals surface area contributed by atoms with Crippen LogP contribution in [-0.4, -0.2) is 29.5 Å². The second kappa shape index (κ2) is 6.78. The Morgan fingerprint density at radius 1 is 1.00 bits per heavy atom. The lowest BCUT2D eigenvalue weighted by molar-refractivity contribution is 0.951. The standard InChI is InChI=1S/C20H13ClN6S/c1-27-16(14-4-2-3-7-24-14)8-12-5-6-15(25-19(12)27)17-18(21)26-20(28-17)13-9-22-11-23-10-13/h2-11H,1H3. The van der Waals surface area contributed by atoms with Crippen LogP contribution in [0.4, 0.5) is 0 Å². The molecule has 0 aliphatic heterocycles. The van der Waals surface area contributed by atoms with E-state index in [0.717, 1.165) is 43.6 Å². The van der Waals surface area contributed by atoms with Gasteiger partial charge in [0, 0.05) is 36.6 Å². The van der Waals surface area contributed by atoms with E-state index in [0.29, 0.717) is 5.15 Å². The highest BCUT2D eigenvalue weighted by molar-refractivity contribution is 7.19. The highest BCUT2D eigenvalue weighted by Crippen LogP contribution is 2.38. The van der Waals surface area contributed by atoms with Crippen molar-refractivity contribution in [3.05, 3.63) is 66.5 Å². The number of nitrogens with zero attached hydrogens (tertiary/aromatic N) is 6. The maximum absolute atomic E-state index is 6.42. The van der Waals surface area contributed by atoms with Crippen LogP contribution in [0.3, 0.4) is 0 Å². The van der Waals surface area contributed by atoms with Crippen molar-refractivity contribution in [3.8, 4) is 32.5 Å². The third-order valence-electron chi connectivity index (χ3n) is 4.43. The summed E-state index contributed by atoms with van der Waals surface area (Å²) in [4.78, 5) is 22.7. The van der Waals surface area contributed by atoms with Gasteiger partial charge < -0.3 is 4.57 Å². The Balaban J connectivity index is 1.61. The third-order valence-corrected chi connectivity index (χ3v) is 5.94. The summed E-state index contributed by atoms with van der Waals surface area (Å²) >= 11 is 7.90. The molecule has 0 unspecified atom stereocenters. The number of fused-ring (bicyclic) bond motifs is 1.